The summed E-state index contributed by atoms with van der Waals surface area (Å²) in [5.74, 6) is -0.501. The minimum Gasteiger partial charge on any atom is -0.493 e. The maximum Gasteiger partial charge on any atom is 0.308 e. The number of hydrogen-bond donors (Lipinski definition) is 1. The number of fused-ring (bicyclic) bond motifs is 1. The molecule has 2 aromatic rings. The van der Waals surface area contributed by atoms with Crippen LogP contribution in [-0.4, -0.2) is 102 Å². The Balaban J connectivity index is 1.57. The molecule has 1 saturated heterocycles. The van der Waals surface area contributed by atoms with E-state index in [0.29, 0.717) is 19.6 Å². The van der Waals surface area contributed by atoms with Gasteiger partial charge in [0.2, 0.25) is 5.91 Å². The molecular weight excluding hydrogens is 504 g/mol. The molecule has 1 aromatic carbocycles. The summed E-state index contributed by atoms with van der Waals surface area (Å²) in [7, 11) is 8.56. The zero-order valence-electron chi connectivity index (χ0n) is 25.1. The van der Waals surface area contributed by atoms with Crippen LogP contribution in [0, 0.1) is 5.92 Å². The topological polar surface area (TPSA) is 75.0 Å². The van der Waals surface area contributed by atoms with E-state index in [0.717, 1.165) is 73.1 Å². The third-order valence-electron chi connectivity index (χ3n) is 8.65. The third kappa shape index (κ3) is 7.46. The van der Waals surface area contributed by atoms with E-state index in [1.807, 2.05) is 36.3 Å². The number of rotatable bonds is 14. The summed E-state index contributed by atoms with van der Waals surface area (Å²) in [5.41, 5.74) is 3.37. The van der Waals surface area contributed by atoms with Crippen LogP contribution < -0.4 is 4.74 Å². The quantitative estimate of drug-likeness (QED) is 0.361. The zero-order valence-corrected chi connectivity index (χ0v) is 25.1. The summed E-state index contributed by atoms with van der Waals surface area (Å²) in [6, 6.07) is 10.1. The fourth-order valence-electron chi connectivity index (χ4n) is 6.40. The zero-order chi connectivity index (χ0) is 28.9. The van der Waals surface area contributed by atoms with Crippen molar-refractivity contribution in [3.8, 4) is 5.75 Å². The van der Waals surface area contributed by atoms with Gasteiger partial charge in [-0.15, -0.1) is 0 Å². The lowest BCUT2D eigenvalue weighted by Crippen LogP contribution is -2.45. The van der Waals surface area contributed by atoms with Crippen molar-refractivity contribution in [3.63, 3.8) is 0 Å². The van der Waals surface area contributed by atoms with Crippen LogP contribution in [0.25, 0.3) is 0 Å². The number of aliphatic carboxylic acids is 1. The Morgan fingerprint density at radius 2 is 1.93 bits per heavy atom. The van der Waals surface area contributed by atoms with Gasteiger partial charge in [-0.25, -0.2) is 0 Å². The van der Waals surface area contributed by atoms with E-state index in [1.54, 1.807) is 0 Å². The Morgan fingerprint density at radius 3 is 2.60 bits per heavy atom. The molecule has 0 saturated carbocycles. The monoisotopic (exact) mass is 553 g/mol. The first kappa shape index (κ1) is 30.1. The fourth-order valence-corrected chi connectivity index (χ4v) is 6.40. The maximum absolute atomic E-state index is 13.8. The van der Waals surface area contributed by atoms with E-state index < -0.39 is 11.9 Å². The molecule has 1 amide bonds. The average Bonchev–Trinajstić information content (AvgIpc) is 3.62. The maximum atomic E-state index is 13.8. The van der Waals surface area contributed by atoms with Crippen LogP contribution >= 0.6 is 0 Å². The number of nitrogens with zero attached hydrogens (tertiary/aromatic N) is 4. The van der Waals surface area contributed by atoms with Crippen molar-refractivity contribution in [2.75, 3.05) is 60.5 Å². The summed E-state index contributed by atoms with van der Waals surface area (Å²) in [5, 5.41) is 10.5. The van der Waals surface area contributed by atoms with Crippen LogP contribution in [0.5, 0.6) is 5.75 Å². The van der Waals surface area contributed by atoms with Gasteiger partial charge in [-0.05, 0) is 48.6 Å². The molecule has 220 valence electrons. The van der Waals surface area contributed by atoms with E-state index in [-0.39, 0.29) is 24.4 Å². The highest BCUT2D eigenvalue weighted by atomic mass is 16.5. The highest BCUT2D eigenvalue weighted by molar-refractivity contribution is 5.79. The SMILES string of the molecule is CCCCN(CCC[N+](C)(C)C)C(=O)CN1C[C@H](c2ccc3c(c2)CCO3)[C@@H](C(=O)O)[C@@H]1CCc1cccn1C. The number of benzene rings is 1. The molecule has 8 nitrogen and oxygen atoms in total. The van der Waals surface area contributed by atoms with Gasteiger partial charge in [0.05, 0.1) is 46.8 Å². The molecule has 1 N–H and O–H groups in total. The summed E-state index contributed by atoms with van der Waals surface area (Å²) >= 11 is 0. The predicted molar refractivity (Wildman–Crippen MR) is 158 cm³/mol. The van der Waals surface area contributed by atoms with E-state index in [9.17, 15) is 14.7 Å². The minimum absolute atomic E-state index is 0.117. The molecule has 2 aliphatic heterocycles. The van der Waals surface area contributed by atoms with Crippen LogP contribution in [-0.2, 0) is 29.5 Å². The van der Waals surface area contributed by atoms with Gasteiger partial charge in [0, 0.05) is 63.4 Å². The largest absolute Gasteiger partial charge is 0.493 e. The molecule has 40 heavy (non-hydrogen) atoms. The van der Waals surface area contributed by atoms with E-state index in [4.69, 9.17) is 4.74 Å². The highest BCUT2D eigenvalue weighted by Crippen LogP contribution is 2.41. The molecule has 0 radical (unpaired) electrons. The second kappa shape index (κ2) is 13.2. The molecule has 1 aromatic heterocycles. The number of amides is 1. The molecule has 3 atom stereocenters. The van der Waals surface area contributed by atoms with Crippen LogP contribution in [0.2, 0.25) is 0 Å². The predicted octanol–water partition coefficient (Wildman–Crippen LogP) is 3.79. The Morgan fingerprint density at radius 1 is 1.15 bits per heavy atom. The Kier molecular flexibility index (Phi) is 9.95. The van der Waals surface area contributed by atoms with Gasteiger partial charge in [-0.2, -0.15) is 0 Å². The van der Waals surface area contributed by atoms with Crippen LogP contribution in [0.1, 0.15) is 55.3 Å². The minimum atomic E-state index is -0.778. The highest BCUT2D eigenvalue weighted by Gasteiger charge is 2.47. The summed E-state index contributed by atoms with van der Waals surface area (Å²) in [4.78, 5) is 30.8. The summed E-state index contributed by atoms with van der Waals surface area (Å²) < 4.78 is 8.68. The Bertz CT molecular complexity index is 1150. The third-order valence-corrected chi connectivity index (χ3v) is 8.65. The molecule has 2 aliphatic rings. The number of ether oxygens (including phenoxy) is 1. The fraction of sp³-hybridized carbons (Fsp3) is 0.625. The first-order valence-electron chi connectivity index (χ1n) is 15.0. The number of unbranched alkanes of at least 4 members (excludes halogenated alkanes) is 1. The van der Waals surface area contributed by atoms with Gasteiger partial charge >= 0.3 is 5.97 Å². The molecule has 0 aliphatic carbocycles. The Labute approximate surface area is 240 Å². The Hall–Kier alpha value is -2.84. The van der Waals surface area contributed by atoms with Gasteiger partial charge in [0.15, 0.2) is 0 Å². The van der Waals surface area contributed by atoms with Gasteiger partial charge < -0.3 is 23.8 Å². The lowest BCUT2D eigenvalue weighted by atomic mass is 9.83. The van der Waals surface area contributed by atoms with Crippen molar-refractivity contribution in [2.45, 2.75) is 57.4 Å². The number of quaternary nitrogens is 1. The van der Waals surface area contributed by atoms with E-state index in [1.165, 1.54) is 5.69 Å². The molecule has 1 fully saturated rings. The average molecular weight is 554 g/mol. The molecule has 0 spiro atoms. The second-order valence-electron chi connectivity index (χ2n) is 12.7. The van der Waals surface area contributed by atoms with Crippen molar-refractivity contribution >= 4 is 11.9 Å². The molecule has 0 bridgehead atoms. The van der Waals surface area contributed by atoms with E-state index in [2.05, 4.69) is 49.7 Å². The van der Waals surface area contributed by atoms with Gasteiger partial charge in [-0.1, -0.05) is 25.5 Å². The number of likely N-dealkylation sites (tertiary alicyclic amines) is 1. The normalized spacial score (nSPS) is 20.9. The molecule has 4 rings (SSSR count). The first-order chi connectivity index (χ1) is 19.1. The lowest BCUT2D eigenvalue weighted by Gasteiger charge is -2.31. The molecule has 3 heterocycles. The molecule has 0 unspecified atom stereocenters. The van der Waals surface area contributed by atoms with Crippen molar-refractivity contribution in [3.05, 3.63) is 53.3 Å². The van der Waals surface area contributed by atoms with Crippen molar-refractivity contribution < 1.29 is 23.9 Å². The number of carbonyl (C=O) groups is 2. The number of carboxylic acids is 1. The summed E-state index contributed by atoms with van der Waals surface area (Å²) in [6.07, 6.45) is 7.31. The molecular formula is C32H49N4O4+. The number of carboxylic acid groups (broad SMARTS) is 1. The van der Waals surface area contributed by atoms with Crippen molar-refractivity contribution in [1.29, 1.82) is 0 Å². The number of aromatic nitrogens is 1. The van der Waals surface area contributed by atoms with Gasteiger partial charge in [-0.3, -0.25) is 14.5 Å². The van der Waals surface area contributed by atoms with Gasteiger partial charge in [0.25, 0.3) is 0 Å². The second-order valence-corrected chi connectivity index (χ2v) is 12.7. The van der Waals surface area contributed by atoms with Gasteiger partial charge in [0.1, 0.15) is 5.75 Å². The smallest absolute Gasteiger partial charge is 0.308 e. The van der Waals surface area contributed by atoms with Crippen molar-refractivity contribution in [1.82, 2.24) is 14.4 Å². The van der Waals surface area contributed by atoms with Crippen LogP contribution in [0.3, 0.4) is 0 Å². The number of hydrogen-bond acceptors (Lipinski definition) is 4. The number of carbonyl (C=O) groups excluding carboxylic acids is 1. The summed E-state index contributed by atoms with van der Waals surface area (Å²) in [6.45, 7) is 6.16. The first-order valence-corrected chi connectivity index (χ1v) is 15.0. The van der Waals surface area contributed by atoms with E-state index >= 15 is 0 Å². The van der Waals surface area contributed by atoms with Crippen LogP contribution in [0.15, 0.2) is 36.5 Å². The van der Waals surface area contributed by atoms with Crippen molar-refractivity contribution in [2.24, 2.45) is 13.0 Å². The lowest BCUT2D eigenvalue weighted by molar-refractivity contribution is -0.870. The molecule has 8 heteroatoms. The standard InChI is InChI=1S/C32H48N4O4/c1-6-7-17-34(18-9-19-36(3,4)5)30(37)23-35-22-27(24-11-14-29-25(21-24)15-20-40-29)31(32(38)39)28(35)13-12-26-10-8-16-33(26)2/h8,10-11,14,16,21,27-28,31H,6-7,9,12-13,15,17-20,22-23H2,1-5H3/p+1/t27-,28+,31-/m1/s1. The number of aryl methyl sites for hydroxylation is 2. The van der Waals surface area contributed by atoms with Crippen LogP contribution in [0.4, 0.5) is 0 Å².